The van der Waals surface area contributed by atoms with Gasteiger partial charge in [-0.25, -0.2) is 14.6 Å². The molecule has 186 valence electrons. The SMILES string of the molecule is CCCC(Nc1cnc(-n2cc(C(F)(F)F)cn2)nc1)c1ccc(C(=O)NCC(C)C(=O)O)cc1. The Hall–Kier alpha value is -3.96. The molecule has 0 aliphatic carbocycles. The van der Waals surface area contributed by atoms with Crippen LogP contribution in [0.1, 0.15) is 54.2 Å². The topological polar surface area (TPSA) is 122 Å². The first-order valence-corrected chi connectivity index (χ1v) is 10.9. The summed E-state index contributed by atoms with van der Waals surface area (Å²) >= 11 is 0. The second-order valence-corrected chi connectivity index (χ2v) is 8.00. The summed E-state index contributed by atoms with van der Waals surface area (Å²) < 4.78 is 39.3. The Labute approximate surface area is 199 Å². The zero-order valence-electron chi connectivity index (χ0n) is 19.1. The molecule has 2 heterocycles. The molecule has 0 radical (unpaired) electrons. The van der Waals surface area contributed by atoms with Crippen LogP contribution in [0, 0.1) is 5.92 Å². The smallest absolute Gasteiger partial charge is 0.419 e. The van der Waals surface area contributed by atoms with E-state index in [1.54, 1.807) is 24.3 Å². The summed E-state index contributed by atoms with van der Waals surface area (Å²) in [5, 5.41) is 18.5. The summed E-state index contributed by atoms with van der Waals surface area (Å²) in [5.41, 5.74) is 1.000. The highest BCUT2D eigenvalue weighted by molar-refractivity contribution is 5.94. The largest absolute Gasteiger partial charge is 0.481 e. The quantitative estimate of drug-likeness (QED) is 0.391. The summed E-state index contributed by atoms with van der Waals surface area (Å²) in [6.45, 7) is 3.56. The van der Waals surface area contributed by atoms with Gasteiger partial charge in [-0.05, 0) is 24.1 Å². The highest BCUT2D eigenvalue weighted by atomic mass is 19.4. The van der Waals surface area contributed by atoms with E-state index in [0.29, 0.717) is 17.4 Å². The van der Waals surface area contributed by atoms with Crippen molar-refractivity contribution in [2.24, 2.45) is 5.92 Å². The summed E-state index contributed by atoms with van der Waals surface area (Å²) in [7, 11) is 0. The molecule has 0 bridgehead atoms. The van der Waals surface area contributed by atoms with Crippen LogP contribution in [-0.4, -0.2) is 43.3 Å². The van der Waals surface area contributed by atoms with Crippen molar-refractivity contribution in [1.29, 1.82) is 0 Å². The molecule has 0 saturated carbocycles. The van der Waals surface area contributed by atoms with Gasteiger partial charge in [-0.3, -0.25) is 9.59 Å². The van der Waals surface area contributed by atoms with Crippen LogP contribution in [0.15, 0.2) is 49.1 Å². The Bertz CT molecular complexity index is 1150. The lowest BCUT2D eigenvalue weighted by atomic mass is 10.0. The van der Waals surface area contributed by atoms with E-state index < -0.39 is 23.6 Å². The molecule has 3 rings (SSSR count). The molecule has 35 heavy (non-hydrogen) atoms. The molecule has 0 aliphatic heterocycles. The van der Waals surface area contributed by atoms with Gasteiger partial charge in [0.1, 0.15) is 0 Å². The van der Waals surface area contributed by atoms with Crippen molar-refractivity contribution >= 4 is 17.6 Å². The third kappa shape index (κ3) is 6.78. The first-order chi connectivity index (χ1) is 16.6. The molecule has 0 spiro atoms. The molecule has 9 nitrogen and oxygen atoms in total. The van der Waals surface area contributed by atoms with Crippen LogP contribution < -0.4 is 10.6 Å². The van der Waals surface area contributed by atoms with Crippen molar-refractivity contribution < 1.29 is 27.9 Å². The fraction of sp³-hybridized carbons (Fsp3) is 0.348. The minimum absolute atomic E-state index is 0.00525. The first kappa shape index (κ1) is 25.7. The molecule has 1 amide bonds. The van der Waals surface area contributed by atoms with E-state index in [1.165, 1.54) is 19.3 Å². The maximum Gasteiger partial charge on any atom is 0.419 e. The number of aromatic nitrogens is 4. The molecule has 0 fully saturated rings. The van der Waals surface area contributed by atoms with Crippen molar-refractivity contribution in [3.63, 3.8) is 0 Å². The Balaban J connectivity index is 1.67. The molecular formula is C23H25F3N6O3. The molecule has 2 aromatic heterocycles. The van der Waals surface area contributed by atoms with Gasteiger partial charge >= 0.3 is 12.1 Å². The predicted octanol–water partition coefficient (Wildman–Crippen LogP) is 4.08. The van der Waals surface area contributed by atoms with Gasteiger partial charge in [0, 0.05) is 18.3 Å². The lowest BCUT2D eigenvalue weighted by Crippen LogP contribution is -2.31. The van der Waals surface area contributed by atoms with Gasteiger partial charge in [-0.1, -0.05) is 32.4 Å². The lowest BCUT2D eigenvalue weighted by molar-refractivity contribution is -0.141. The normalized spacial score (nSPS) is 13.2. The van der Waals surface area contributed by atoms with Crippen molar-refractivity contribution in [1.82, 2.24) is 25.1 Å². The molecule has 2 unspecified atom stereocenters. The van der Waals surface area contributed by atoms with E-state index in [0.717, 1.165) is 29.3 Å². The number of carboxylic acid groups (broad SMARTS) is 1. The van der Waals surface area contributed by atoms with Crippen LogP contribution in [0.25, 0.3) is 5.95 Å². The Morgan fingerprint density at radius 2 is 1.77 bits per heavy atom. The van der Waals surface area contributed by atoms with Gasteiger partial charge in [0.25, 0.3) is 11.9 Å². The number of nitrogens with one attached hydrogen (secondary N) is 2. The van der Waals surface area contributed by atoms with Gasteiger partial charge in [0.15, 0.2) is 0 Å². The number of amides is 1. The number of carbonyl (C=O) groups is 2. The number of benzene rings is 1. The van der Waals surface area contributed by atoms with Crippen molar-refractivity contribution in [2.45, 2.75) is 38.9 Å². The number of carboxylic acids is 1. The van der Waals surface area contributed by atoms with Gasteiger partial charge < -0.3 is 15.7 Å². The number of aliphatic carboxylic acids is 1. The van der Waals surface area contributed by atoms with E-state index >= 15 is 0 Å². The molecule has 12 heteroatoms. The predicted molar refractivity (Wildman–Crippen MR) is 121 cm³/mol. The monoisotopic (exact) mass is 490 g/mol. The maximum absolute atomic E-state index is 12.8. The third-order valence-electron chi connectivity index (χ3n) is 5.24. The average molecular weight is 490 g/mol. The summed E-state index contributed by atoms with van der Waals surface area (Å²) in [6, 6.07) is 6.81. The van der Waals surface area contributed by atoms with Gasteiger partial charge in [0.05, 0.1) is 41.8 Å². The van der Waals surface area contributed by atoms with E-state index in [4.69, 9.17) is 5.11 Å². The minimum atomic E-state index is -4.50. The summed E-state index contributed by atoms with van der Waals surface area (Å²) in [4.78, 5) is 31.4. The number of alkyl halides is 3. The number of hydrogen-bond donors (Lipinski definition) is 3. The van der Waals surface area contributed by atoms with E-state index in [1.807, 2.05) is 6.92 Å². The standard InChI is InChI=1S/C23H25F3N6O3/c1-3-4-19(15-5-7-16(8-6-15)20(33)27-9-14(2)21(34)35)31-18-11-28-22(29-12-18)32-13-17(10-30-32)23(24,25)26/h5-8,10-14,19,31H,3-4,9H2,1-2H3,(H,27,33)(H,34,35). The van der Waals surface area contributed by atoms with Crippen LogP contribution in [0.5, 0.6) is 0 Å². The van der Waals surface area contributed by atoms with Crippen LogP contribution in [0.3, 0.4) is 0 Å². The molecular weight excluding hydrogens is 465 g/mol. The van der Waals surface area contributed by atoms with Crippen LogP contribution in [0.4, 0.5) is 18.9 Å². The van der Waals surface area contributed by atoms with Gasteiger partial charge in [-0.15, -0.1) is 0 Å². The first-order valence-electron chi connectivity index (χ1n) is 10.9. The van der Waals surface area contributed by atoms with E-state index in [-0.39, 0.29) is 24.4 Å². The molecule has 0 saturated heterocycles. The Kier molecular flexibility index (Phi) is 8.05. The van der Waals surface area contributed by atoms with E-state index in [9.17, 15) is 22.8 Å². The van der Waals surface area contributed by atoms with Crippen LogP contribution in [-0.2, 0) is 11.0 Å². The summed E-state index contributed by atoms with van der Waals surface area (Å²) in [6.07, 6.45) is 1.58. The highest BCUT2D eigenvalue weighted by Crippen LogP contribution is 2.29. The number of anilines is 1. The second kappa shape index (κ2) is 11.0. The zero-order valence-corrected chi connectivity index (χ0v) is 19.1. The molecule has 2 atom stereocenters. The Morgan fingerprint density at radius 3 is 2.31 bits per heavy atom. The second-order valence-electron chi connectivity index (χ2n) is 8.00. The van der Waals surface area contributed by atoms with Crippen LogP contribution >= 0.6 is 0 Å². The highest BCUT2D eigenvalue weighted by Gasteiger charge is 2.32. The number of hydrogen-bond acceptors (Lipinski definition) is 6. The number of carbonyl (C=O) groups excluding carboxylic acids is 1. The van der Waals surface area contributed by atoms with Gasteiger partial charge in [-0.2, -0.15) is 18.3 Å². The van der Waals surface area contributed by atoms with Gasteiger partial charge in [0.2, 0.25) is 0 Å². The minimum Gasteiger partial charge on any atom is -0.481 e. The number of halogens is 3. The molecule has 0 aliphatic rings. The molecule has 3 N–H and O–H groups in total. The van der Waals surface area contributed by atoms with Crippen molar-refractivity contribution in [3.8, 4) is 5.95 Å². The van der Waals surface area contributed by atoms with E-state index in [2.05, 4.69) is 25.7 Å². The lowest BCUT2D eigenvalue weighted by Gasteiger charge is -2.20. The Morgan fingerprint density at radius 1 is 1.11 bits per heavy atom. The summed E-state index contributed by atoms with van der Waals surface area (Å²) in [5.74, 6) is -2.03. The van der Waals surface area contributed by atoms with Crippen molar-refractivity contribution in [2.75, 3.05) is 11.9 Å². The molecule has 3 aromatic rings. The number of rotatable bonds is 10. The number of nitrogens with zero attached hydrogens (tertiary/aromatic N) is 4. The zero-order chi connectivity index (χ0) is 25.6. The van der Waals surface area contributed by atoms with Crippen molar-refractivity contribution in [3.05, 3.63) is 65.7 Å². The fourth-order valence-corrected chi connectivity index (χ4v) is 3.21. The fourth-order valence-electron chi connectivity index (χ4n) is 3.21. The molecule has 1 aromatic carbocycles. The third-order valence-corrected chi connectivity index (χ3v) is 5.24. The van der Waals surface area contributed by atoms with Crippen LogP contribution in [0.2, 0.25) is 0 Å². The average Bonchev–Trinajstić information content (AvgIpc) is 3.33. The maximum atomic E-state index is 12.8.